The lowest BCUT2D eigenvalue weighted by Gasteiger charge is -2.01. The Morgan fingerprint density at radius 1 is 1.26 bits per heavy atom. The highest BCUT2D eigenvalue weighted by Gasteiger charge is 2.18. The average Bonchev–Trinajstić information content (AvgIpc) is 2.89. The van der Waals surface area contributed by atoms with Crippen molar-refractivity contribution >= 4 is 45.4 Å². The molecule has 0 unspecified atom stereocenters. The Kier molecular flexibility index (Phi) is 4.22. The van der Waals surface area contributed by atoms with Gasteiger partial charge in [0.2, 0.25) is 5.78 Å². The Labute approximate surface area is 140 Å². The fourth-order valence-electron chi connectivity index (χ4n) is 1.88. The first-order valence-corrected chi connectivity index (χ1v) is 7.67. The molecule has 5 nitrogen and oxygen atoms in total. The van der Waals surface area contributed by atoms with Gasteiger partial charge in [0.05, 0.1) is 0 Å². The van der Waals surface area contributed by atoms with Gasteiger partial charge in [0, 0.05) is 17.4 Å². The molecule has 8 heteroatoms. The molecule has 2 aromatic heterocycles. The number of nitrogens with zero attached hydrogens (tertiary/aromatic N) is 2. The number of aromatic nitrogens is 2. The number of thiazole rings is 1. The summed E-state index contributed by atoms with van der Waals surface area (Å²) in [5.74, 6) is -0.492. The average molecular weight is 349 g/mol. The third-order valence-electron chi connectivity index (χ3n) is 2.94. The molecule has 23 heavy (non-hydrogen) atoms. The molecule has 1 aromatic carbocycles. The van der Waals surface area contributed by atoms with E-state index < -0.39 is 0 Å². The lowest BCUT2D eigenvalue weighted by molar-refractivity contribution is 0.104. The van der Waals surface area contributed by atoms with Gasteiger partial charge in [-0.05, 0) is 36.4 Å². The summed E-state index contributed by atoms with van der Waals surface area (Å²) >= 11 is 6.91. The van der Waals surface area contributed by atoms with Crippen molar-refractivity contribution in [3.63, 3.8) is 0 Å². The topological polar surface area (TPSA) is 80.9 Å². The predicted octanol–water partition coefficient (Wildman–Crippen LogP) is 3.89. The van der Waals surface area contributed by atoms with Crippen LogP contribution in [0.1, 0.15) is 15.2 Å². The van der Waals surface area contributed by atoms with E-state index in [0.717, 1.165) is 11.3 Å². The first-order valence-electron chi connectivity index (χ1n) is 6.48. The summed E-state index contributed by atoms with van der Waals surface area (Å²) in [4.78, 5) is 20.7. The molecular weight excluding hydrogens is 339 g/mol. The van der Waals surface area contributed by atoms with Crippen LogP contribution in [0.3, 0.4) is 0 Å². The number of hydrogen-bond donors (Lipinski definition) is 2. The van der Waals surface area contributed by atoms with Crippen molar-refractivity contribution in [1.82, 2.24) is 9.97 Å². The molecule has 0 fully saturated rings. The summed E-state index contributed by atoms with van der Waals surface area (Å²) in [5.41, 5.74) is 6.85. The van der Waals surface area contributed by atoms with Crippen LogP contribution in [0.2, 0.25) is 5.15 Å². The number of anilines is 3. The first kappa shape index (κ1) is 15.4. The van der Waals surface area contributed by atoms with E-state index in [9.17, 15) is 9.18 Å². The zero-order valence-corrected chi connectivity index (χ0v) is 13.2. The molecule has 0 radical (unpaired) electrons. The van der Waals surface area contributed by atoms with E-state index >= 15 is 0 Å². The van der Waals surface area contributed by atoms with Crippen molar-refractivity contribution in [3.05, 3.63) is 64.0 Å². The van der Waals surface area contributed by atoms with Gasteiger partial charge in [0.15, 0.2) is 5.13 Å². The SMILES string of the molecule is Nc1nc(Nc2ccc(F)cc2)sc1C(=O)c1ccnc(Cl)c1. The van der Waals surface area contributed by atoms with Crippen LogP contribution in [0.25, 0.3) is 0 Å². The second-order valence-corrected chi connectivity index (χ2v) is 5.95. The number of nitrogens with one attached hydrogen (secondary N) is 1. The number of halogens is 2. The molecule has 0 aliphatic carbocycles. The maximum absolute atomic E-state index is 12.9. The summed E-state index contributed by atoms with van der Waals surface area (Å²) in [6.07, 6.45) is 1.45. The summed E-state index contributed by atoms with van der Waals surface area (Å²) < 4.78 is 12.9. The molecule has 116 valence electrons. The van der Waals surface area contributed by atoms with Gasteiger partial charge in [-0.2, -0.15) is 0 Å². The molecule has 0 aliphatic heterocycles. The quantitative estimate of drug-likeness (QED) is 0.552. The molecule has 2 heterocycles. The molecule has 0 saturated carbocycles. The van der Waals surface area contributed by atoms with Crippen molar-refractivity contribution in [2.45, 2.75) is 0 Å². The monoisotopic (exact) mass is 348 g/mol. The predicted molar refractivity (Wildman–Crippen MR) is 88.9 cm³/mol. The number of nitrogens with two attached hydrogens (primary N) is 1. The Morgan fingerprint density at radius 2 is 2.00 bits per heavy atom. The third kappa shape index (κ3) is 3.46. The van der Waals surface area contributed by atoms with Gasteiger partial charge in [-0.15, -0.1) is 0 Å². The zero-order valence-electron chi connectivity index (χ0n) is 11.6. The van der Waals surface area contributed by atoms with Crippen LogP contribution in [0.5, 0.6) is 0 Å². The standard InChI is InChI=1S/C15H10ClFN4OS/c16-11-7-8(5-6-19-11)12(22)13-14(18)21-15(23-13)20-10-3-1-9(17)2-4-10/h1-7H,18H2,(H,20,21). The van der Waals surface area contributed by atoms with Crippen molar-refractivity contribution < 1.29 is 9.18 Å². The first-order chi connectivity index (χ1) is 11.0. The Balaban J connectivity index is 1.86. The van der Waals surface area contributed by atoms with Crippen LogP contribution in [0.15, 0.2) is 42.6 Å². The minimum Gasteiger partial charge on any atom is -0.382 e. The Bertz CT molecular complexity index is 866. The lowest BCUT2D eigenvalue weighted by Crippen LogP contribution is -2.02. The summed E-state index contributed by atoms with van der Waals surface area (Å²) in [5, 5.41) is 3.65. The lowest BCUT2D eigenvalue weighted by atomic mass is 10.1. The second-order valence-electron chi connectivity index (χ2n) is 4.56. The van der Waals surface area contributed by atoms with Gasteiger partial charge < -0.3 is 11.1 Å². The summed E-state index contributed by atoms with van der Waals surface area (Å²) in [6.45, 7) is 0. The highest BCUT2D eigenvalue weighted by atomic mass is 35.5. The third-order valence-corrected chi connectivity index (χ3v) is 4.14. The van der Waals surface area contributed by atoms with E-state index in [-0.39, 0.29) is 22.6 Å². The van der Waals surface area contributed by atoms with E-state index in [2.05, 4.69) is 15.3 Å². The Morgan fingerprint density at radius 3 is 2.70 bits per heavy atom. The van der Waals surface area contributed by atoms with Crippen LogP contribution in [0.4, 0.5) is 21.0 Å². The number of rotatable bonds is 4. The summed E-state index contributed by atoms with van der Waals surface area (Å²) in [7, 11) is 0. The van der Waals surface area contributed by atoms with Gasteiger partial charge in [0.1, 0.15) is 21.7 Å². The largest absolute Gasteiger partial charge is 0.382 e. The number of carbonyl (C=O) groups excluding carboxylic acids is 1. The molecule has 3 aromatic rings. The summed E-state index contributed by atoms with van der Waals surface area (Å²) in [6, 6.07) is 8.80. The van der Waals surface area contributed by atoms with E-state index in [1.165, 1.54) is 24.4 Å². The van der Waals surface area contributed by atoms with Crippen LogP contribution in [0, 0.1) is 5.82 Å². The van der Waals surface area contributed by atoms with E-state index in [1.807, 2.05) is 0 Å². The molecule has 0 bridgehead atoms. The van der Waals surface area contributed by atoms with E-state index in [4.69, 9.17) is 17.3 Å². The molecule has 0 spiro atoms. The van der Waals surface area contributed by atoms with Gasteiger partial charge in [-0.25, -0.2) is 14.4 Å². The smallest absolute Gasteiger partial charge is 0.207 e. The molecule has 0 amide bonds. The van der Waals surface area contributed by atoms with Crippen molar-refractivity contribution in [2.24, 2.45) is 0 Å². The highest BCUT2D eigenvalue weighted by Crippen LogP contribution is 2.30. The van der Waals surface area contributed by atoms with E-state index in [1.54, 1.807) is 18.2 Å². The molecule has 0 aliphatic rings. The number of benzene rings is 1. The number of nitrogen functional groups attached to an aromatic ring is 1. The zero-order chi connectivity index (χ0) is 16.4. The second kappa shape index (κ2) is 6.31. The van der Waals surface area contributed by atoms with Crippen molar-refractivity contribution in [2.75, 3.05) is 11.1 Å². The maximum atomic E-state index is 12.9. The Hall–Kier alpha value is -2.51. The van der Waals surface area contributed by atoms with Crippen molar-refractivity contribution in [1.29, 1.82) is 0 Å². The van der Waals surface area contributed by atoms with Crippen LogP contribution < -0.4 is 11.1 Å². The maximum Gasteiger partial charge on any atom is 0.207 e. The molecule has 0 saturated heterocycles. The molecule has 3 N–H and O–H groups in total. The fourth-order valence-corrected chi connectivity index (χ4v) is 2.92. The fraction of sp³-hybridized carbons (Fsp3) is 0. The van der Waals surface area contributed by atoms with E-state index in [0.29, 0.717) is 21.3 Å². The van der Waals surface area contributed by atoms with Crippen LogP contribution >= 0.6 is 22.9 Å². The van der Waals surface area contributed by atoms with Gasteiger partial charge in [-0.1, -0.05) is 22.9 Å². The number of hydrogen-bond acceptors (Lipinski definition) is 6. The minimum atomic E-state index is -0.334. The van der Waals surface area contributed by atoms with Crippen LogP contribution in [-0.2, 0) is 0 Å². The minimum absolute atomic E-state index is 0.123. The number of ketones is 1. The van der Waals surface area contributed by atoms with Gasteiger partial charge in [0.25, 0.3) is 0 Å². The molecule has 3 rings (SSSR count). The van der Waals surface area contributed by atoms with Gasteiger partial charge in [-0.3, -0.25) is 4.79 Å². The van der Waals surface area contributed by atoms with Crippen LogP contribution in [-0.4, -0.2) is 15.8 Å². The number of carbonyl (C=O) groups is 1. The number of pyridine rings is 1. The van der Waals surface area contributed by atoms with Crippen molar-refractivity contribution in [3.8, 4) is 0 Å². The highest BCUT2D eigenvalue weighted by molar-refractivity contribution is 7.18. The normalized spacial score (nSPS) is 10.5. The van der Waals surface area contributed by atoms with Gasteiger partial charge >= 0.3 is 0 Å². The molecular formula is C15H10ClFN4OS. The molecule has 0 atom stereocenters.